The molecule has 1 fully saturated rings. The van der Waals surface area contributed by atoms with Crippen molar-refractivity contribution < 1.29 is 22.7 Å². The topological polar surface area (TPSA) is 97.0 Å². The number of nitrogens with zero attached hydrogens (tertiary/aromatic N) is 1. The predicted octanol–water partition coefficient (Wildman–Crippen LogP) is 4.73. The maximum atomic E-state index is 13.5. The second-order valence-electron chi connectivity index (χ2n) is 8.67. The summed E-state index contributed by atoms with van der Waals surface area (Å²) in [5, 5.41) is 3.32. The van der Waals surface area contributed by atoms with Gasteiger partial charge in [-0.3, -0.25) is 4.79 Å². The number of anilines is 2. The van der Waals surface area contributed by atoms with E-state index in [4.69, 9.17) is 21.1 Å². The quantitative estimate of drug-likeness (QED) is 0.384. The van der Waals surface area contributed by atoms with Gasteiger partial charge in [0.15, 0.2) is 11.5 Å². The monoisotopic (exact) mass is 543 g/mol. The first-order valence-corrected chi connectivity index (χ1v) is 13.8. The van der Waals surface area contributed by atoms with Crippen LogP contribution in [0.25, 0.3) is 0 Å². The molecule has 0 saturated carbocycles. The van der Waals surface area contributed by atoms with Crippen molar-refractivity contribution in [3.63, 3.8) is 0 Å². The number of sulfonamides is 1. The van der Waals surface area contributed by atoms with Gasteiger partial charge in [0.05, 0.1) is 19.9 Å². The highest BCUT2D eigenvalue weighted by Gasteiger charge is 2.24. The number of carbonyl (C=O) groups is 1. The van der Waals surface area contributed by atoms with Crippen LogP contribution < -0.4 is 24.4 Å². The Hall–Kier alpha value is -3.27. The number of hydrogen-bond donors (Lipinski definition) is 2. The molecule has 0 radical (unpaired) electrons. The molecule has 1 heterocycles. The van der Waals surface area contributed by atoms with Crippen LogP contribution >= 0.6 is 11.6 Å². The highest BCUT2D eigenvalue weighted by molar-refractivity contribution is 7.89. The van der Waals surface area contributed by atoms with Gasteiger partial charge in [-0.1, -0.05) is 17.7 Å². The number of halogens is 1. The van der Waals surface area contributed by atoms with Crippen molar-refractivity contribution in [3.8, 4) is 11.5 Å². The smallest absolute Gasteiger partial charge is 0.255 e. The zero-order valence-electron chi connectivity index (χ0n) is 20.8. The minimum atomic E-state index is -3.87. The average Bonchev–Trinajstić information content (AvgIpc) is 3.44. The van der Waals surface area contributed by atoms with Crippen LogP contribution in [-0.2, 0) is 16.4 Å². The van der Waals surface area contributed by atoms with Gasteiger partial charge in [-0.25, -0.2) is 13.1 Å². The number of ether oxygens (including phenoxy) is 2. The van der Waals surface area contributed by atoms with E-state index >= 15 is 0 Å². The molecule has 3 aromatic carbocycles. The molecule has 1 aliphatic heterocycles. The van der Waals surface area contributed by atoms with Gasteiger partial charge in [0.2, 0.25) is 10.0 Å². The van der Waals surface area contributed by atoms with Crippen LogP contribution in [0.3, 0.4) is 0 Å². The van der Waals surface area contributed by atoms with Crippen molar-refractivity contribution in [2.24, 2.45) is 0 Å². The molecule has 1 aliphatic rings. The van der Waals surface area contributed by atoms with E-state index in [0.29, 0.717) is 39.9 Å². The van der Waals surface area contributed by atoms with Gasteiger partial charge < -0.3 is 19.7 Å². The van der Waals surface area contributed by atoms with Crippen molar-refractivity contribution in [2.45, 2.75) is 24.2 Å². The second kappa shape index (κ2) is 11.9. The van der Waals surface area contributed by atoms with Gasteiger partial charge in [0.25, 0.3) is 5.91 Å². The Bertz CT molecular complexity index is 1360. The number of methoxy groups -OCH3 is 2. The molecule has 0 spiro atoms. The van der Waals surface area contributed by atoms with Gasteiger partial charge in [-0.2, -0.15) is 0 Å². The third-order valence-electron chi connectivity index (χ3n) is 6.21. The Kier molecular flexibility index (Phi) is 8.58. The number of rotatable bonds is 10. The molecule has 0 bridgehead atoms. The van der Waals surface area contributed by atoms with Gasteiger partial charge in [0, 0.05) is 35.9 Å². The van der Waals surface area contributed by atoms with Crippen molar-refractivity contribution in [1.82, 2.24) is 4.72 Å². The molecule has 8 nitrogen and oxygen atoms in total. The van der Waals surface area contributed by atoms with Crippen LogP contribution in [0.4, 0.5) is 11.4 Å². The first-order chi connectivity index (χ1) is 17.8. The summed E-state index contributed by atoms with van der Waals surface area (Å²) in [7, 11) is -0.748. The molecule has 37 heavy (non-hydrogen) atoms. The highest BCUT2D eigenvalue weighted by Crippen LogP contribution is 2.31. The van der Waals surface area contributed by atoms with Gasteiger partial charge in [-0.15, -0.1) is 0 Å². The van der Waals surface area contributed by atoms with Crippen LogP contribution in [0, 0.1) is 0 Å². The van der Waals surface area contributed by atoms with E-state index in [1.165, 1.54) is 6.07 Å². The Morgan fingerprint density at radius 3 is 2.32 bits per heavy atom. The predicted molar refractivity (Wildman–Crippen MR) is 146 cm³/mol. The molecular formula is C27H30ClN3O5S. The molecule has 10 heteroatoms. The fraction of sp³-hybridized carbons (Fsp3) is 0.296. The molecule has 1 saturated heterocycles. The first-order valence-electron chi connectivity index (χ1n) is 12.0. The van der Waals surface area contributed by atoms with E-state index in [-0.39, 0.29) is 17.3 Å². The van der Waals surface area contributed by atoms with Crippen molar-refractivity contribution in [3.05, 3.63) is 76.8 Å². The normalized spacial score (nSPS) is 13.4. The van der Waals surface area contributed by atoms with Crippen LogP contribution in [0.5, 0.6) is 11.5 Å². The van der Waals surface area contributed by atoms with E-state index in [2.05, 4.69) is 14.9 Å². The zero-order chi connectivity index (χ0) is 26.4. The molecular weight excluding hydrogens is 514 g/mol. The minimum Gasteiger partial charge on any atom is -0.493 e. The summed E-state index contributed by atoms with van der Waals surface area (Å²) in [5.74, 6) is 0.846. The van der Waals surface area contributed by atoms with E-state index in [1.54, 1.807) is 56.7 Å². The molecule has 2 N–H and O–H groups in total. The molecule has 0 aliphatic carbocycles. The largest absolute Gasteiger partial charge is 0.493 e. The number of hydrogen-bond acceptors (Lipinski definition) is 6. The summed E-state index contributed by atoms with van der Waals surface area (Å²) < 4.78 is 40.2. The standard InChI is InChI=1S/C27H30ClN3O5S/c1-35-24-12-5-19(17-25(24)36-2)13-14-29-37(33,34)26-18-22(10-11-23(26)31-15-3-4-16-31)30-27(32)20-6-8-21(28)9-7-20/h5-12,17-18,29H,3-4,13-16H2,1-2H3,(H,30,32). The van der Waals surface area contributed by atoms with E-state index in [9.17, 15) is 13.2 Å². The number of amides is 1. The van der Waals surface area contributed by atoms with Crippen LogP contribution in [0.15, 0.2) is 65.6 Å². The zero-order valence-corrected chi connectivity index (χ0v) is 22.4. The van der Waals surface area contributed by atoms with Crippen molar-refractivity contribution >= 4 is 38.9 Å². The lowest BCUT2D eigenvalue weighted by Gasteiger charge is -2.22. The molecule has 0 atom stereocenters. The lowest BCUT2D eigenvalue weighted by Crippen LogP contribution is -2.29. The maximum Gasteiger partial charge on any atom is 0.255 e. The summed E-state index contributed by atoms with van der Waals surface area (Å²) in [6, 6.07) is 17.0. The third kappa shape index (κ3) is 6.54. The molecule has 3 aromatic rings. The maximum absolute atomic E-state index is 13.5. The lowest BCUT2D eigenvalue weighted by molar-refractivity contribution is 0.102. The Morgan fingerprint density at radius 1 is 0.946 bits per heavy atom. The average molecular weight is 544 g/mol. The fourth-order valence-electron chi connectivity index (χ4n) is 4.27. The Morgan fingerprint density at radius 2 is 1.65 bits per heavy atom. The van der Waals surface area contributed by atoms with E-state index in [1.807, 2.05) is 12.1 Å². The molecule has 0 aromatic heterocycles. The van der Waals surface area contributed by atoms with E-state index < -0.39 is 10.0 Å². The third-order valence-corrected chi connectivity index (χ3v) is 7.96. The van der Waals surface area contributed by atoms with Crippen LogP contribution in [0.2, 0.25) is 5.02 Å². The summed E-state index contributed by atoms with van der Waals surface area (Å²) in [6.45, 7) is 1.76. The summed E-state index contributed by atoms with van der Waals surface area (Å²) >= 11 is 5.91. The van der Waals surface area contributed by atoms with Crippen LogP contribution in [0.1, 0.15) is 28.8 Å². The fourth-order valence-corrected chi connectivity index (χ4v) is 5.68. The lowest BCUT2D eigenvalue weighted by atomic mass is 10.1. The SMILES string of the molecule is COc1ccc(CCNS(=O)(=O)c2cc(NC(=O)c3ccc(Cl)cc3)ccc2N2CCCC2)cc1OC. The van der Waals surface area contributed by atoms with Crippen LogP contribution in [-0.4, -0.2) is 48.2 Å². The number of benzene rings is 3. The summed E-state index contributed by atoms with van der Waals surface area (Å²) in [4.78, 5) is 14.9. The second-order valence-corrected chi connectivity index (χ2v) is 10.8. The summed E-state index contributed by atoms with van der Waals surface area (Å²) in [5.41, 5.74) is 2.35. The van der Waals surface area contributed by atoms with Crippen molar-refractivity contribution in [2.75, 3.05) is 44.1 Å². The van der Waals surface area contributed by atoms with E-state index in [0.717, 1.165) is 31.5 Å². The molecule has 1 amide bonds. The molecule has 0 unspecified atom stereocenters. The number of nitrogens with one attached hydrogen (secondary N) is 2. The Labute approximate surface area is 222 Å². The van der Waals surface area contributed by atoms with Gasteiger partial charge in [0.1, 0.15) is 4.90 Å². The Balaban J connectivity index is 1.54. The molecule has 196 valence electrons. The van der Waals surface area contributed by atoms with Gasteiger partial charge >= 0.3 is 0 Å². The highest BCUT2D eigenvalue weighted by atomic mass is 35.5. The first kappa shape index (κ1) is 26.8. The number of carbonyl (C=O) groups excluding carboxylic acids is 1. The van der Waals surface area contributed by atoms with Gasteiger partial charge in [-0.05, 0) is 79.4 Å². The van der Waals surface area contributed by atoms with Crippen molar-refractivity contribution in [1.29, 1.82) is 0 Å². The molecule has 4 rings (SSSR count). The minimum absolute atomic E-state index is 0.135. The summed E-state index contributed by atoms with van der Waals surface area (Å²) in [6.07, 6.45) is 2.47.